The topological polar surface area (TPSA) is 53.2 Å². The van der Waals surface area contributed by atoms with Gasteiger partial charge in [0.15, 0.2) is 23.3 Å². The van der Waals surface area contributed by atoms with Crippen molar-refractivity contribution in [1.82, 2.24) is 10.7 Å². The highest BCUT2D eigenvalue weighted by Crippen LogP contribution is 2.26. The third kappa shape index (κ3) is 3.04. The first-order valence-corrected chi connectivity index (χ1v) is 4.64. The van der Waals surface area contributed by atoms with E-state index in [1.807, 2.05) is 11.2 Å². The monoisotopic (exact) mass is 279 g/mol. The first-order chi connectivity index (χ1) is 8.90. The molecule has 1 aromatic rings. The maximum Gasteiger partial charge on any atom is 0.334 e. The van der Waals surface area contributed by atoms with Crippen molar-refractivity contribution in [2.75, 3.05) is 12.0 Å². The van der Waals surface area contributed by atoms with Crippen LogP contribution in [0.5, 0.6) is 0 Å². The summed E-state index contributed by atoms with van der Waals surface area (Å²) in [6.07, 6.45) is 4.81. The molecule has 102 valence electrons. The molecule has 0 radical (unpaired) electrons. The van der Waals surface area contributed by atoms with E-state index in [1.165, 1.54) is 0 Å². The van der Waals surface area contributed by atoms with Gasteiger partial charge in [-0.05, 0) is 0 Å². The van der Waals surface area contributed by atoms with Gasteiger partial charge in [-0.25, -0.2) is 26.7 Å². The number of hydrogen-bond donors (Lipinski definition) is 3. The first kappa shape index (κ1) is 14.6. The molecule has 0 saturated heterocycles. The van der Waals surface area contributed by atoms with E-state index in [9.17, 15) is 26.7 Å². The normalized spacial score (nSPS) is 9.68. The fourth-order valence-corrected chi connectivity index (χ4v) is 1.01. The van der Waals surface area contributed by atoms with E-state index in [1.54, 1.807) is 10.9 Å². The minimum atomic E-state index is -2.29. The zero-order valence-corrected chi connectivity index (χ0v) is 9.08. The molecule has 0 aliphatic carbocycles. The van der Waals surface area contributed by atoms with Crippen LogP contribution in [0, 0.1) is 41.4 Å². The molecule has 0 spiro atoms. The van der Waals surface area contributed by atoms with Gasteiger partial charge >= 0.3 is 6.03 Å². The van der Waals surface area contributed by atoms with Gasteiger partial charge in [-0.15, -0.1) is 6.42 Å². The average molecular weight is 279 g/mol. The van der Waals surface area contributed by atoms with Crippen LogP contribution < -0.4 is 16.2 Å². The molecule has 0 fully saturated rings. The Morgan fingerprint density at radius 1 is 1.00 bits per heavy atom. The molecule has 3 N–H and O–H groups in total. The summed E-state index contributed by atoms with van der Waals surface area (Å²) in [4.78, 5) is 10.9. The van der Waals surface area contributed by atoms with Crippen LogP contribution in [0.3, 0.4) is 0 Å². The number of amides is 2. The van der Waals surface area contributed by atoms with Gasteiger partial charge in [-0.2, -0.15) is 0 Å². The van der Waals surface area contributed by atoms with Gasteiger partial charge in [0.1, 0.15) is 5.69 Å². The molecule has 4 nitrogen and oxygen atoms in total. The molecule has 9 heteroatoms. The third-order valence-corrected chi connectivity index (χ3v) is 1.86. The smallest absolute Gasteiger partial charge is 0.326 e. The molecule has 0 aliphatic rings. The number of carbonyl (C=O) groups is 1. The predicted molar refractivity (Wildman–Crippen MR) is 55.2 cm³/mol. The number of hydrogen-bond acceptors (Lipinski definition) is 2. The van der Waals surface area contributed by atoms with E-state index >= 15 is 0 Å². The summed E-state index contributed by atoms with van der Waals surface area (Å²) in [6.45, 7) is -0.190. The van der Waals surface area contributed by atoms with Gasteiger partial charge in [-0.3, -0.25) is 10.9 Å². The quantitative estimate of drug-likeness (QED) is 0.259. The van der Waals surface area contributed by atoms with Gasteiger partial charge in [0.05, 0.1) is 6.54 Å². The molecule has 0 saturated carbocycles. The molecule has 0 aliphatic heterocycles. The van der Waals surface area contributed by atoms with Crippen molar-refractivity contribution in [3.05, 3.63) is 29.1 Å². The van der Waals surface area contributed by atoms with Crippen molar-refractivity contribution in [2.45, 2.75) is 0 Å². The second kappa shape index (κ2) is 5.90. The SMILES string of the molecule is C#CCNC(=O)NNc1c(F)c(F)c(F)c(F)c1F. The van der Waals surface area contributed by atoms with Gasteiger partial charge < -0.3 is 5.32 Å². The molecule has 19 heavy (non-hydrogen) atoms. The van der Waals surface area contributed by atoms with Gasteiger partial charge in [0.2, 0.25) is 5.82 Å². The number of urea groups is 1. The second-order valence-corrected chi connectivity index (χ2v) is 3.08. The summed E-state index contributed by atoms with van der Waals surface area (Å²) in [5.41, 5.74) is 1.85. The van der Waals surface area contributed by atoms with E-state index in [0.717, 1.165) is 0 Å². The summed E-state index contributed by atoms with van der Waals surface area (Å²) in [5, 5.41) is 2.03. The van der Waals surface area contributed by atoms with E-state index in [0.29, 0.717) is 0 Å². The van der Waals surface area contributed by atoms with E-state index < -0.39 is 40.8 Å². The average Bonchev–Trinajstić information content (AvgIpc) is 2.40. The summed E-state index contributed by atoms with van der Waals surface area (Å²) >= 11 is 0. The zero-order valence-electron chi connectivity index (χ0n) is 9.08. The highest BCUT2D eigenvalue weighted by Gasteiger charge is 2.25. The molecular formula is C10H6F5N3O. The Morgan fingerprint density at radius 3 is 1.95 bits per heavy atom. The van der Waals surface area contributed by atoms with Gasteiger partial charge in [0.25, 0.3) is 0 Å². The van der Waals surface area contributed by atoms with Gasteiger partial charge in [-0.1, -0.05) is 5.92 Å². The van der Waals surface area contributed by atoms with Crippen molar-refractivity contribution >= 4 is 11.7 Å². The Morgan fingerprint density at radius 2 is 1.47 bits per heavy atom. The lowest BCUT2D eigenvalue weighted by Crippen LogP contribution is -2.39. The first-order valence-electron chi connectivity index (χ1n) is 4.64. The Labute approximate surface area is 103 Å². The van der Waals surface area contributed by atoms with Crippen molar-refractivity contribution < 1.29 is 26.7 Å². The minimum Gasteiger partial charge on any atom is -0.326 e. The van der Waals surface area contributed by atoms with Crippen molar-refractivity contribution in [3.63, 3.8) is 0 Å². The fraction of sp³-hybridized carbons (Fsp3) is 0.100. The molecule has 0 aromatic heterocycles. The molecule has 0 unspecified atom stereocenters. The number of hydrazine groups is 1. The maximum atomic E-state index is 13.1. The number of rotatable bonds is 3. The summed E-state index contributed by atoms with van der Waals surface area (Å²) in [5.74, 6) is -8.74. The largest absolute Gasteiger partial charge is 0.334 e. The van der Waals surface area contributed by atoms with Crippen LogP contribution in [0.15, 0.2) is 0 Å². The van der Waals surface area contributed by atoms with Crippen LogP contribution in [-0.2, 0) is 0 Å². The molecule has 0 atom stereocenters. The maximum absolute atomic E-state index is 13.1. The van der Waals surface area contributed by atoms with Gasteiger partial charge in [0, 0.05) is 0 Å². The van der Waals surface area contributed by atoms with Crippen LogP contribution in [0.25, 0.3) is 0 Å². The Kier molecular flexibility index (Phi) is 4.52. The Bertz CT molecular complexity index is 526. The molecule has 0 bridgehead atoms. The highest BCUT2D eigenvalue weighted by molar-refractivity contribution is 5.75. The molecular weight excluding hydrogens is 273 g/mol. The molecule has 2 amide bonds. The third-order valence-electron chi connectivity index (χ3n) is 1.86. The number of nitrogens with one attached hydrogen (secondary N) is 3. The molecule has 1 aromatic carbocycles. The summed E-state index contributed by atoms with van der Waals surface area (Å²) in [6, 6.07) is -1.01. The number of anilines is 1. The fourth-order valence-electron chi connectivity index (χ4n) is 1.01. The lowest BCUT2D eigenvalue weighted by atomic mass is 10.2. The van der Waals surface area contributed by atoms with Crippen LogP contribution in [0.4, 0.5) is 32.4 Å². The number of benzene rings is 1. The molecule has 1 rings (SSSR count). The number of terminal acetylenes is 1. The summed E-state index contributed by atoms with van der Waals surface area (Å²) in [7, 11) is 0. The van der Waals surface area contributed by atoms with Crippen LogP contribution >= 0.6 is 0 Å². The van der Waals surface area contributed by atoms with E-state index in [4.69, 9.17) is 6.42 Å². The van der Waals surface area contributed by atoms with Crippen molar-refractivity contribution in [1.29, 1.82) is 0 Å². The van der Waals surface area contributed by atoms with Crippen LogP contribution in [0.1, 0.15) is 0 Å². The van der Waals surface area contributed by atoms with Crippen LogP contribution in [-0.4, -0.2) is 12.6 Å². The predicted octanol–water partition coefficient (Wildman–Crippen LogP) is 1.64. The lowest BCUT2D eigenvalue weighted by Gasteiger charge is -2.11. The second-order valence-electron chi connectivity index (χ2n) is 3.08. The lowest BCUT2D eigenvalue weighted by molar-refractivity contribution is 0.244. The number of halogens is 5. The number of carbonyl (C=O) groups excluding carboxylic acids is 1. The minimum absolute atomic E-state index is 0.190. The van der Waals surface area contributed by atoms with E-state index in [2.05, 4.69) is 0 Å². The van der Waals surface area contributed by atoms with Crippen LogP contribution in [0.2, 0.25) is 0 Å². The highest BCUT2D eigenvalue weighted by atomic mass is 19.2. The van der Waals surface area contributed by atoms with Crippen molar-refractivity contribution in [3.8, 4) is 12.3 Å². The zero-order chi connectivity index (χ0) is 14.6. The van der Waals surface area contributed by atoms with E-state index in [-0.39, 0.29) is 6.54 Å². The molecule has 0 heterocycles. The standard InChI is InChI=1S/C10H6F5N3O/c1-2-3-16-10(19)18-17-9-7(14)5(12)4(11)6(13)8(9)15/h1,17H,3H2,(H2,16,18,19). The Hall–Kier alpha value is -2.50. The summed E-state index contributed by atoms with van der Waals surface area (Å²) < 4.78 is 64.5. The van der Waals surface area contributed by atoms with Crippen molar-refractivity contribution in [2.24, 2.45) is 0 Å². The Balaban J connectivity index is 2.91.